The van der Waals surface area contributed by atoms with Crippen LogP contribution < -0.4 is 15.4 Å². The molecule has 17 heavy (non-hydrogen) atoms. The second-order valence-electron chi connectivity index (χ2n) is 5.52. The van der Waals surface area contributed by atoms with E-state index >= 15 is 0 Å². The number of ether oxygens (including phenoxy) is 1. The van der Waals surface area contributed by atoms with E-state index in [0.717, 1.165) is 38.4 Å². The number of benzene rings is 1. The summed E-state index contributed by atoms with van der Waals surface area (Å²) in [5.74, 6) is 0.992. The fourth-order valence-electron chi connectivity index (χ4n) is 2.61. The van der Waals surface area contributed by atoms with Gasteiger partial charge in [-0.1, -0.05) is 13.0 Å². The normalized spacial score (nSPS) is 26.6. The Hall–Kier alpha value is -1.22. The van der Waals surface area contributed by atoms with Crippen molar-refractivity contribution in [2.75, 3.05) is 31.6 Å². The molecule has 3 nitrogen and oxygen atoms in total. The van der Waals surface area contributed by atoms with Crippen LogP contribution in [-0.2, 0) is 6.42 Å². The van der Waals surface area contributed by atoms with Crippen LogP contribution in [0.5, 0.6) is 5.75 Å². The maximum atomic E-state index is 5.94. The molecule has 2 aliphatic heterocycles. The monoisotopic (exact) mass is 232 g/mol. The highest BCUT2D eigenvalue weighted by Crippen LogP contribution is 2.29. The van der Waals surface area contributed by atoms with Crippen molar-refractivity contribution in [3.05, 3.63) is 23.8 Å². The lowest BCUT2D eigenvalue weighted by atomic mass is 9.91. The van der Waals surface area contributed by atoms with Gasteiger partial charge in [0.15, 0.2) is 0 Å². The van der Waals surface area contributed by atoms with Crippen molar-refractivity contribution in [3.63, 3.8) is 0 Å². The van der Waals surface area contributed by atoms with E-state index in [1.54, 1.807) is 0 Å². The molecule has 0 bridgehead atoms. The van der Waals surface area contributed by atoms with Crippen molar-refractivity contribution < 1.29 is 4.74 Å². The van der Waals surface area contributed by atoms with E-state index in [1.165, 1.54) is 17.7 Å². The van der Waals surface area contributed by atoms with Crippen molar-refractivity contribution in [3.8, 4) is 5.75 Å². The molecule has 3 rings (SSSR count). The lowest BCUT2D eigenvalue weighted by Gasteiger charge is -2.22. The highest BCUT2D eigenvalue weighted by Gasteiger charge is 2.29. The summed E-state index contributed by atoms with van der Waals surface area (Å²) in [6.45, 7) is 6.33. The predicted octanol–water partition coefficient (Wildman–Crippen LogP) is 2.03. The van der Waals surface area contributed by atoms with Gasteiger partial charge < -0.3 is 15.4 Å². The number of rotatable bonds is 3. The molecule has 1 saturated heterocycles. The minimum Gasteiger partial charge on any atom is -0.493 e. The number of hydrogen-bond donors (Lipinski definition) is 2. The average Bonchev–Trinajstić information content (AvgIpc) is 2.95. The standard InChI is InChI=1S/C14H20N2O/c1-14(5-7-15-9-14)10-17-12-3-2-11-4-6-16-13(11)8-12/h2-3,8,15-16H,4-7,9-10H2,1H3. The van der Waals surface area contributed by atoms with Gasteiger partial charge in [-0.2, -0.15) is 0 Å². The van der Waals surface area contributed by atoms with Crippen LogP contribution in [0.15, 0.2) is 18.2 Å². The molecule has 1 unspecified atom stereocenters. The van der Waals surface area contributed by atoms with Gasteiger partial charge in [-0.3, -0.25) is 0 Å². The molecular formula is C14H20N2O. The van der Waals surface area contributed by atoms with E-state index in [4.69, 9.17) is 4.74 Å². The Balaban J connectivity index is 1.65. The summed E-state index contributed by atoms with van der Waals surface area (Å²) < 4.78 is 5.94. The average molecular weight is 232 g/mol. The molecular weight excluding hydrogens is 212 g/mol. The SMILES string of the molecule is CC1(COc2ccc3c(c2)NCC3)CCNC1. The zero-order chi connectivity index (χ0) is 11.7. The topological polar surface area (TPSA) is 33.3 Å². The van der Waals surface area contributed by atoms with Gasteiger partial charge in [0.2, 0.25) is 0 Å². The molecule has 3 heteroatoms. The number of fused-ring (bicyclic) bond motifs is 1. The smallest absolute Gasteiger partial charge is 0.121 e. The molecule has 2 heterocycles. The Morgan fingerprint density at radius 3 is 3.12 bits per heavy atom. The van der Waals surface area contributed by atoms with Crippen LogP contribution in [-0.4, -0.2) is 26.2 Å². The Bertz CT molecular complexity index is 411. The summed E-state index contributed by atoms with van der Waals surface area (Å²) in [4.78, 5) is 0. The third-order valence-electron chi connectivity index (χ3n) is 3.84. The number of nitrogens with one attached hydrogen (secondary N) is 2. The molecule has 0 saturated carbocycles. The minimum absolute atomic E-state index is 0.298. The van der Waals surface area contributed by atoms with Gasteiger partial charge >= 0.3 is 0 Å². The Labute approximate surface area is 103 Å². The van der Waals surface area contributed by atoms with Crippen molar-refractivity contribution in [2.24, 2.45) is 5.41 Å². The number of anilines is 1. The highest BCUT2D eigenvalue weighted by molar-refractivity contribution is 5.58. The predicted molar refractivity (Wildman–Crippen MR) is 69.7 cm³/mol. The van der Waals surface area contributed by atoms with Gasteiger partial charge in [-0.25, -0.2) is 0 Å². The van der Waals surface area contributed by atoms with E-state index in [9.17, 15) is 0 Å². The van der Waals surface area contributed by atoms with Gasteiger partial charge in [0, 0.05) is 30.3 Å². The molecule has 0 aliphatic carbocycles. The summed E-state index contributed by atoms with van der Waals surface area (Å²) in [6, 6.07) is 6.41. The van der Waals surface area contributed by atoms with Crippen LogP contribution in [0.4, 0.5) is 5.69 Å². The van der Waals surface area contributed by atoms with E-state index in [-0.39, 0.29) is 0 Å². The summed E-state index contributed by atoms with van der Waals surface area (Å²) in [5.41, 5.74) is 2.95. The third-order valence-corrected chi connectivity index (χ3v) is 3.84. The van der Waals surface area contributed by atoms with Crippen LogP contribution >= 0.6 is 0 Å². The maximum Gasteiger partial charge on any atom is 0.121 e. The van der Waals surface area contributed by atoms with Crippen LogP contribution in [0.3, 0.4) is 0 Å². The third kappa shape index (κ3) is 2.25. The first-order chi connectivity index (χ1) is 8.25. The first-order valence-corrected chi connectivity index (χ1v) is 6.46. The molecule has 0 radical (unpaired) electrons. The summed E-state index contributed by atoms with van der Waals surface area (Å²) in [6.07, 6.45) is 2.34. The largest absolute Gasteiger partial charge is 0.493 e. The van der Waals surface area contributed by atoms with Crippen molar-refractivity contribution >= 4 is 5.69 Å². The van der Waals surface area contributed by atoms with E-state index in [1.807, 2.05) is 0 Å². The minimum atomic E-state index is 0.298. The maximum absolute atomic E-state index is 5.94. The van der Waals surface area contributed by atoms with E-state index in [2.05, 4.69) is 35.8 Å². The molecule has 1 aromatic rings. The summed E-state index contributed by atoms with van der Waals surface area (Å²) in [7, 11) is 0. The molecule has 0 spiro atoms. The van der Waals surface area contributed by atoms with E-state index < -0.39 is 0 Å². The fraction of sp³-hybridized carbons (Fsp3) is 0.571. The Morgan fingerprint density at radius 1 is 1.35 bits per heavy atom. The molecule has 2 N–H and O–H groups in total. The first-order valence-electron chi connectivity index (χ1n) is 6.46. The van der Waals surface area contributed by atoms with Crippen LogP contribution in [0.2, 0.25) is 0 Å². The zero-order valence-corrected chi connectivity index (χ0v) is 10.4. The zero-order valence-electron chi connectivity index (χ0n) is 10.4. The summed E-state index contributed by atoms with van der Waals surface area (Å²) in [5, 5.41) is 6.78. The molecule has 92 valence electrons. The molecule has 1 atom stereocenters. The second-order valence-corrected chi connectivity index (χ2v) is 5.52. The first kappa shape index (κ1) is 10.9. The number of hydrogen-bond acceptors (Lipinski definition) is 3. The van der Waals surface area contributed by atoms with Gasteiger partial charge in [-0.15, -0.1) is 0 Å². The van der Waals surface area contributed by atoms with Crippen LogP contribution in [0.25, 0.3) is 0 Å². The Kier molecular flexibility index (Phi) is 2.71. The Morgan fingerprint density at radius 2 is 2.29 bits per heavy atom. The van der Waals surface area contributed by atoms with Crippen LogP contribution in [0.1, 0.15) is 18.9 Å². The molecule has 0 aromatic heterocycles. The fourth-order valence-corrected chi connectivity index (χ4v) is 2.61. The van der Waals surface area contributed by atoms with Gasteiger partial charge in [0.25, 0.3) is 0 Å². The lowest BCUT2D eigenvalue weighted by molar-refractivity contribution is 0.181. The van der Waals surface area contributed by atoms with Gasteiger partial charge in [0.1, 0.15) is 5.75 Å². The quantitative estimate of drug-likeness (QED) is 0.836. The molecule has 2 aliphatic rings. The second kappa shape index (κ2) is 4.22. The molecule has 1 fully saturated rings. The summed E-state index contributed by atoms with van der Waals surface area (Å²) >= 11 is 0. The van der Waals surface area contributed by atoms with Crippen molar-refractivity contribution in [1.82, 2.24) is 5.32 Å². The lowest BCUT2D eigenvalue weighted by Crippen LogP contribution is -2.27. The van der Waals surface area contributed by atoms with Crippen molar-refractivity contribution in [2.45, 2.75) is 19.8 Å². The van der Waals surface area contributed by atoms with Gasteiger partial charge in [-0.05, 0) is 31.0 Å². The van der Waals surface area contributed by atoms with Gasteiger partial charge in [0.05, 0.1) is 6.61 Å². The highest BCUT2D eigenvalue weighted by atomic mass is 16.5. The van der Waals surface area contributed by atoms with Crippen LogP contribution in [0, 0.1) is 5.41 Å². The molecule has 0 amide bonds. The van der Waals surface area contributed by atoms with E-state index in [0.29, 0.717) is 5.41 Å². The molecule has 1 aromatic carbocycles. The van der Waals surface area contributed by atoms with Crippen molar-refractivity contribution in [1.29, 1.82) is 0 Å².